The average Bonchev–Trinajstić information content (AvgIpc) is 3.78. The first-order chi connectivity index (χ1) is 26.1. The lowest BCUT2D eigenvalue weighted by Gasteiger charge is -2.40. The van der Waals surface area contributed by atoms with Crippen LogP contribution in [-0.4, -0.2) is 88.1 Å². The van der Waals surface area contributed by atoms with E-state index in [1.807, 2.05) is 54.3 Å². The van der Waals surface area contributed by atoms with Gasteiger partial charge in [-0.3, -0.25) is 9.69 Å². The zero-order valence-corrected chi connectivity index (χ0v) is 32.2. The highest BCUT2D eigenvalue weighted by Gasteiger charge is 2.46. The second-order valence-electron chi connectivity index (χ2n) is 14.4. The number of methoxy groups -OCH3 is 2. The molecule has 280 valence electrons. The molecule has 54 heavy (non-hydrogen) atoms. The van der Waals surface area contributed by atoms with Crippen LogP contribution in [0.2, 0.25) is 10.0 Å². The summed E-state index contributed by atoms with van der Waals surface area (Å²) in [5.41, 5.74) is 6.05. The number of hydrogen-bond acceptors (Lipinski definition) is 9. The zero-order valence-electron chi connectivity index (χ0n) is 30.7. The Hall–Kier alpha value is -4.75. The molecule has 2 aromatic carbocycles. The molecule has 2 amide bonds. The summed E-state index contributed by atoms with van der Waals surface area (Å²) in [6.45, 7) is 5.40. The molecule has 1 aliphatic carbocycles. The molecule has 2 fully saturated rings. The smallest absolute Gasteiger partial charge is 0.317 e. The normalized spacial score (nSPS) is 19.8. The van der Waals surface area contributed by atoms with E-state index in [0.29, 0.717) is 56.9 Å². The fourth-order valence-corrected chi connectivity index (χ4v) is 8.93. The van der Waals surface area contributed by atoms with Crippen molar-refractivity contribution in [1.29, 1.82) is 0 Å². The fraction of sp³-hybridized carbons (Fsp3) is 0.375. The monoisotopic (exact) mass is 768 g/mol. The van der Waals surface area contributed by atoms with E-state index in [9.17, 15) is 9.59 Å². The maximum atomic E-state index is 13.1. The van der Waals surface area contributed by atoms with E-state index in [0.717, 1.165) is 73.4 Å². The van der Waals surface area contributed by atoms with Crippen LogP contribution in [0.4, 0.5) is 16.3 Å². The van der Waals surface area contributed by atoms with Gasteiger partial charge in [-0.2, -0.15) is 5.10 Å². The molecule has 1 spiro atoms. The number of hydrogen-bond donors (Lipinski definition) is 2. The van der Waals surface area contributed by atoms with Gasteiger partial charge in [0.1, 0.15) is 5.82 Å². The number of fused-ring (bicyclic) bond motifs is 2. The Morgan fingerprint density at radius 1 is 1.00 bits per heavy atom. The van der Waals surface area contributed by atoms with Gasteiger partial charge in [-0.1, -0.05) is 53.5 Å². The number of aryl methyl sites for hydroxylation is 3. The second-order valence-corrected chi connectivity index (χ2v) is 15.2. The van der Waals surface area contributed by atoms with Crippen LogP contribution in [0, 0.1) is 6.92 Å². The number of urea groups is 1. The number of rotatable bonds is 9. The van der Waals surface area contributed by atoms with Gasteiger partial charge in [-0.15, -0.1) is 0 Å². The highest BCUT2D eigenvalue weighted by atomic mass is 35.5. The molecule has 5 aromatic rings. The summed E-state index contributed by atoms with van der Waals surface area (Å²) in [5, 5.41) is 12.9. The van der Waals surface area contributed by atoms with Crippen LogP contribution in [0.25, 0.3) is 33.2 Å². The Balaban J connectivity index is 1.07. The lowest BCUT2D eigenvalue weighted by molar-refractivity contribution is 0.114. The molecule has 2 atom stereocenters. The molecule has 2 saturated heterocycles. The first-order valence-electron chi connectivity index (χ1n) is 18.2. The predicted octanol–water partition coefficient (Wildman–Crippen LogP) is 6.92. The standard InChI is InChI=1S/C40H42Cl2N8O4/c1-23-19-25-21-43-48(2)38(51)33(25)36(44-23)45-29-10-6-8-27(35(29)42)26-7-5-9-28(34(26)41)30-20-24-11-12-31(32(24)37(46-30)54-4)50-16-14-40(22-50)13-15-49(17-18-53-3)39(52)47-40/h5-10,19-21,31H,11-18,22H2,1-4H3,(H,44,45)(H,47,52)/t31-,40+/m0/s1. The minimum absolute atomic E-state index is 0.0129. The lowest BCUT2D eigenvalue weighted by Crippen LogP contribution is -2.61. The van der Waals surface area contributed by atoms with E-state index in [1.165, 1.54) is 10.2 Å². The van der Waals surface area contributed by atoms with Crippen molar-refractivity contribution in [3.8, 4) is 28.3 Å². The van der Waals surface area contributed by atoms with Gasteiger partial charge in [0.2, 0.25) is 5.88 Å². The number of anilines is 2. The molecule has 5 heterocycles. The second kappa shape index (κ2) is 14.5. The number of nitrogens with zero attached hydrogens (tertiary/aromatic N) is 6. The Bertz CT molecular complexity index is 2350. The van der Waals surface area contributed by atoms with E-state index in [4.69, 9.17) is 37.7 Å². The van der Waals surface area contributed by atoms with Crippen molar-refractivity contribution in [2.45, 2.75) is 44.2 Å². The van der Waals surface area contributed by atoms with Crippen molar-refractivity contribution in [2.24, 2.45) is 7.05 Å². The topological polar surface area (TPSA) is 127 Å². The maximum Gasteiger partial charge on any atom is 0.317 e. The third kappa shape index (κ3) is 6.44. The molecule has 0 bridgehead atoms. The molecule has 12 nitrogen and oxygen atoms in total. The van der Waals surface area contributed by atoms with Gasteiger partial charge in [0.15, 0.2) is 0 Å². The van der Waals surface area contributed by atoms with Crippen LogP contribution in [0.1, 0.15) is 42.1 Å². The van der Waals surface area contributed by atoms with Crippen LogP contribution in [0.3, 0.4) is 0 Å². The first kappa shape index (κ1) is 36.2. The number of pyridine rings is 2. The summed E-state index contributed by atoms with van der Waals surface area (Å²) in [7, 11) is 4.93. The number of ether oxygens (including phenoxy) is 2. The van der Waals surface area contributed by atoms with Gasteiger partial charge < -0.3 is 25.0 Å². The third-order valence-corrected chi connectivity index (χ3v) is 11.9. The van der Waals surface area contributed by atoms with E-state index in [2.05, 4.69) is 31.7 Å². The van der Waals surface area contributed by atoms with Crippen molar-refractivity contribution in [3.05, 3.63) is 91.9 Å². The predicted molar refractivity (Wildman–Crippen MR) is 211 cm³/mol. The Kier molecular flexibility index (Phi) is 9.72. The molecule has 2 aliphatic heterocycles. The van der Waals surface area contributed by atoms with Crippen molar-refractivity contribution >= 4 is 51.5 Å². The molecule has 3 aromatic heterocycles. The summed E-state index contributed by atoms with van der Waals surface area (Å²) in [6, 6.07) is 15.6. The van der Waals surface area contributed by atoms with Crippen LogP contribution < -0.4 is 20.9 Å². The number of amides is 2. The van der Waals surface area contributed by atoms with Gasteiger partial charge in [-0.25, -0.2) is 19.4 Å². The van der Waals surface area contributed by atoms with E-state index >= 15 is 0 Å². The van der Waals surface area contributed by atoms with Crippen LogP contribution in [0.15, 0.2) is 59.5 Å². The van der Waals surface area contributed by atoms with Gasteiger partial charge in [0.25, 0.3) is 5.56 Å². The molecular formula is C40H42Cl2N8O4. The average molecular weight is 770 g/mol. The fourth-order valence-electron chi connectivity index (χ4n) is 8.33. The summed E-state index contributed by atoms with van der Waals surface area (Å²) in [5.74, 6) is 0.992. The SMILES string of the molecule is COCCN1CC[C@]2(CCN([C@H]3CCc4cc(-c5cccc(-c6cccc(Nc7nc(C)cc8cnn(C)c(=O)c78)c6Cl)c5Cl)nc(OC)c43)C2)NC1=O. The summed E-state index contributed by atoms with van der Waals surface area (Å²) in [4.78, 5) is 40.1. The minimum atomic E-state index is -0.262. The molecular weight excluding hydrogens is 727 g/mol. The van der Waals surface area contributed by atoms with E-state index < -0.39 is 0 Å². The van der Waals surface area contributed by atoms with Crippen LogP contribution in [-0.2, 0) is 18.2 Å². The van der Waals surface area contributed by atoms with Crippen molar-refractivity contribution in [1.82, 2.24) is 34.9 Å². The third-order valence-electron chi connectivity index (χ3n) is 11.1. The molecule has 0 unspecified atom stereocenters. The summed E-state index contributed by atoms with van der Waals surface area (Å²) in [6.07, 6.45) is 5.29. The number of carbonyl (C=O) groups excluding carboxylic acids is 1. The number of likely N-dealkylation sites (tertiary alicyclic amines) is 1. The Morgan fingerprint density at radius 2 is 1.76 bits per heavy atom. The van der Waals surface area contributed by atoms with Gasteiger partial charge >= 0.3 is 6.03 Å². The quantitative estimate of drug-likeness (QED) is 0.164. The molecule has 0 saturated carbocycles. The van der Waals surface area contributed by atoms with Gasteiger partial charge in [0, 0.05) is 79.7 Å². The number of benzene rings is 2. The van der Waals surface area contributed by atoms with Crippen molar-refractivity contribution < 1.29 is 14.3 Å². The van der Waals surface area contributed by atoms with Gasteiger partial charge in [-0.05, 0) is 56.4 Å². The maximum absolute atomic E-state index is 13.1. The largest absolute Gasteiger partial charge is 0.481 e. The number of aromatic nitrogens is 4. The summed E-state index contributed by atoms with van der Waals surface area (Å²) >= 11 is 14.3. The molecule has 8 rings (SSSR count). The molecule has 3 aliphatic rings. The lowest BCUT2D eigenvalue weighted by atomic mass is 9.92. The Labute approximate surface area is 323 Å². The minimum Gasteiger partial charge on any atom is -0.481 e. The highest BCUT2D eigenvalue weighted by molar-refractivity contribution is 6.39. The summed E-state index contributed by atoms with van der Waals surface area (Å²) < 4.78 is 12.5. The molecule has 2 N–H and O–H groups in total. The number of halogens is 2. The highest BCUT2D eigenvalue weighted by Crippen LogP contribution is 2.47. The van der Waals surface area contributed by atoms with E-state index in [1.54, 1.807) is 27.5 Å². The van der Waals surface area contributed by atoms with Gasteiger partial charge in [0.05, 0.1) is 52.3 Å². The first-order valence-corrected chi connectivity index (χ1v) is 18.9. The van der Waals surface area contributed by atoms with Crippen LogP contribution >= 0.6 is 23.2 Å². The van der Waals surface area contributed by atoms with Crippen molar-refractivity contribution in [2.75, 3.05) is 52.3 Å². The molecule has 14 heteroatoms. The zero-order chi connectivity index (χ0) is 37.7. The molecule has 0 radical (unpaired) electrons. The van der Waals surface area contributed by atoms with Crippen LogP contribution in [0.5, 0.6) is 5.88 Å². The number of nitrogens with one attached hydrogen (secondary N) is 2. The van der Waals surface area contributed by atoms with E-state index in [-0.39, 0.29) is 23.2 Å². The Morgan fingerprint density at radius 3 is 2.54 bits per heavy atom. The number of carbonyl (C=O) groups is 1. The van der Waals surface area contributed by atoms with Crippen molar-refractivity contribution in [3.63, 3.8) is 0 Å².